The number of hydrogen-bond donors (Lipinski definition) is 0. The predicted octanol–water partition coefficient (Wildman–Crippen LogP) is 3.87. The normalized spacial score (nSPS) is 21.9. The maximum atomic E-state index is 12.2. The smallest absolute Gasteiger partial charge is 0.410 e. The molecule has 23 heavy (non-hydrogen) atoms. The van der Waals surface area contributed by atoms with Crippen LogP contribution in [0.5, 0.6) is 5.75 Å². The molecule has 0 spiro atoms. The Labute approximate surface area is 139 Å². The summed E-state index contributed by atoms with van der Waals surface area (Å²) in [5.74, 6) is 0.859. The summed E-state index contributed by atoms with van der Waals surface area (Å²) in [7, 11) is 0. The quantitative estimate of drug-likeness (QED) is 0.830. The number of hydrogen-bond acceptors (Lipinski definition) is 4. The van der Waals surface area contributed by atoms with Crippen molar-refractivity contribution in [2.75, 3.05) is 6.54 Å². The van der Waals surface area contributed by atoms with Crippen molar-refractivity contribution in [2.24, 2.45) is 0 Å². The van der Waals surface area contributed by atoms with E-state index in [-0.39, 0.29) is 18.2 Å². The second-order valence-electron chi connectivity index (χ2n) is 7.37. The van der Waals surface area contributed by atoms with Gasteiger partial charge in [0.2, 0.25) is 0 Å². The van der Waals surface area contributed by atoms with E-state index in [0.29, 0.717) is 6.54 Å². The van der Waals surface area contributed by atoms with E-state index in [1.165, 1.54) is 0 Å². The van der Waals surface area contributed by atoms with Gasteiger partial charge in [0.05, 0.1) is 0 Å². The van der Waals surface area contributed by atoms with Gasteiger partial charge in [-0.05, 0) is 41.5 Å². The lowest BCUT2D eigenvalue weighted by molar-refractivity contribution is -0.00103. The van der Waals surface area contributed by atoms with Crippen LogP contribution in [-0.2, 0) is 4.74 Å². The van der Waals surface area contributed by atoms with Gasteiger partial charge in [0.25, 0.3) is 0 Å². The van der Waals surface area contributed by atoms with Crippen LogP contribution < -0.4 is 4.74 Å². The van der Waals surface area contributed by atoms with E-state index in [4.69, 9.17) is 9.47 Å². The van der Waals surface area contributed by atoms with Crippen LogP contribution in [0.15, 0.2) is 12.1 Å². The average molecular weight is 320 g/mol. The first-order valence-electron chi connectivity index (χ1n) is 8.25. The molecule has 0 radical (unpaired) electrons. The SMILES string of the molecule is Cc1cc(O[C@H]2CCN(C(=O)OC(C)(C)C)[C@@H](C)C2)cc(C)n1. The van der Waals surface area contributed by atoms with E-state index >= 15 is 0 Å². The van der Waals surface area contributed by atoms with Gasteiger partial charge in [-0.15, -0.1) is 0 Å². The Bertz CT molecular complexity index is 546. The molecule has 2 heterocycles. The molecule has 128 valence electrons. The number of aromatic nitrogens is 1. The predicted molar refractivity (Wildman–Crippen MR) is 89.8 cm³/mol. The van der Waals surface area contributed by atoms with E-state index < -0.39 is 5.60 Å². The third-order valence-corrected chi connectivity index (χ3v) is 3.81. The highest BCUT2D eigenvalue weighted by Gasteiger charge is 2.32. The maximum absolute atomic E-state index is 12.2. The second-order valence-corrected chi connectivity index (χ2v) is 7.37. The molecule has 0 unspecified atom stereocenters. The topological polar surface area (TPSA) is 51.7 Å². The van der Waals surface area contributed by atoms with Crippen LogP contribution in [0.4, 0.5) is 4.79 Å². The van der Waals surface area contributed by atoms with Gasteiger partial charge < -0.3 is 14.4 Å². The summed E-state index contributed by atoms with van der Waals surface area (Å²) in [5.41, 5.74) is 1.45. The number of pyridine rings is 1. The van der Waals surface area contributed by atoms with Crippen molar-refractivity contribution in [1.29, 1.82) is 0 Å². The summed E-state index contributed by atoms with van der Waals surface area (Å²) in [6.07, 6.45) is 1.49. The number of piperidine rings is 1. The standard InChI is InChI=1S/C18H28N2O3/c1-12-9-16(10-13(2)19-12)22-15-7-8-20(14(3)11-15)17(21)23-18(4,5)6/h9-10,14-15H,7-8,11H2,1-6H3/t14-,15-/m0/s1. The number of carbonyl (C=O) groups excluding carboxylic acids is 1. The molecule has 0 saturated carbocycles. The molecule has 5 heteroatoms. The molecule has 1 amide bonds. The van der Waals surface area contributed by atoms with Crippen LogP contribution >= 0.6 is 0 Å². The fraction of sp³-hybridized carbons (Fsp3) is 0.667. The van der Waals surface area contributed by atoms with Crippen LogP contribution in [0.2, 0.25) is 0 Å². The third kappa shape index (κ3) is 5.12. The second kappa shape index (κ2) is 6.77. The Morgan fingerprint density at radius 3 is 2.39 bits per heavy atom. The summed E-state index contributed by atoms with van der Waals surface area (Å²) in [6, 6.07) is 4.02. The zero-order chi connectivity index (χ0) is 17.2. The fourth-order valence-corrected chi connectivity index (χ4v) is 2.88. The molecule has 1 aromatic heterocycles. The zero-order valence-corrected chi connectivity index (χ0v) is 15.0. The first-order chi connectivity index (χ1) is 10.6. The van der Waals surface area contributed by atoms with Gasteiger partial charge in [0.15, 0.2) is 0 Å². The van der Waals surface area contributed by atoms with Crippen LogP contribution in [0.1, 0.15) is 51.9 Å². The first-order valence-corrected chi connectivity index (χ1v) is 8.25. The summed E-state index contributed by atoms with van der Waals surface area (Å²) in [6.45, 7) is 12.3. The summed E-state index contributed by atoms with van der Waals surface area (Å²) >= 11 is 0. The number of ether oxygens (including phenoxy) is 2. The number of likely N-dealkylation sites (tertiary alicyclic amines) is 1. The largest absolute Gasteiger partial charge is 0.490 e. The van der Waals surface area contributed by atoms with Gasteiger partial charge in [-0.25, -0.2) is 4.79 Å². The molecule has 1 aliphatic heterocycles. The number of amides is 1. The third-order valence-electron chi connectivity index (χ3n) is 3.81. The molecule has 2 rings (SSSR count). The van der Waals surface area contributed by atoms with Crippen molar-refractivity contribution in [2.45, 2.75) is 72.1 Å². The molecule has 1 saturated heterocycles. The highest BCUT2D eigenvalue weighted by molar-refractivity contribution is 5.68. The highest BCUT2D eigenvalue weighted by Crippen LogP contribution is 2.25. The Kier molecular flexibility index (Phi) is 5.17. The molecular formula is C18H28N2O3. The van der Waals surface area contributed by atoms with Gasteiger partial charge in [-0.1, -0.05) is 0 Å². The Morgan fingerprint density at radius 2 is 1.87 bits per heavy atom. The fourth-order valence-electron chi connectivity index (χ4n) is 2.88. The lowest BCUT2D eigenvalue weighted by Gasteiger charge is -2.38. The number of nitrogens with zero attached hydrogens (tertiary/aromatic N) is 2. The minimum Gasteiger partial charge on any atom is -0.490 e. The number of rotatable bonds is 2. The minimum atomic E-state index is -0.462. The number of carbonyl (C=O) groups is 1. The van der Waals surface area contributed by atoms with Gasteiger partial charge in [0.1, 0.15) is 17.5 Å². The lowest BCUT2D eigenvalue weighted by Crippen LogP contribution is -2.49. The van der Waals surface area contributed by atoms with Crippen molar-refractivity contribution >= 4 is 6.09 Å². The van der Waals surface area contributed by atoms with E-state index in [9.17, 15) is 4.79 Å². The lowest BCUT2D eigenvalue weighted by atomic mass is 10.0. The number of aryl methyl sites for hydroxylation is 2. The van der Waals surface area contributed by atoms with Gasteiger partial charge in [-0.2, -0.15) is 0 Å². The summed E-state index contributed by atoms with van der Waals surface area (Å²) in [4.78, 5) is 18.4. The average Bonchev–Trinajstić information content (AvgIpc) is 2.34. The molecule has 1 fully saturated rings. The van der Waals surface area contributed by atoms with Crippen molar-refractivity contribution in [3.05, 3.63) is 23.5 Å². The van der Waals surface area contributed by atoms with E-state index in [2.05, 4.69) is 4.98 Å². The van der Waals surface area contributed by atoms with Crippen molar-refractivity contribution < 1.29 is 14.3 Å². The van der Waals surface area contributed by atoms with Crippen LogP contribution in [0.3, 0.4) is 0 Å². The zero-order valence-electron chi connectivity index (χ0n) is 15.0. The monoisotopic (exact) mass is 320 g/mol. The van der Waals surface area contributed by atoms with E-state index in [1.54, 1.807) is 4.90 Å². The van der Waals surface area contributed by atoms with Crippen molar-refractivity contribution in [1.82, 2.24) is 9.88 Å². The van der Waals surface area contributed by atoms with Gasteiger partial charge >= 0.3 is 6.09 Å². The minimum absolute atomic E-state index is 0.104. The highest BCUT2D eigenvalue weighted by atomic mass is 16.6. The Morgan fingerprint density at radius 1 is 1.26 bits per heavy atom. The van der Waals surface area contributed by atoms with E-state index in [1.807, 2.05) is 53.7 Å². The van der Waals surface area contributed by atoms with Crippen molar-refractivity contribution in [3.63, 3.8) is 0 Å². The van der Waals surface area contributed by atoms with Crippen LogP contribution in [0, 0.1) is 13.8 Å². The van der Waals surface area contributed by atoms with Crippen molar-refractivity contribution in [3.8, 4) is 5.75 Å². The molecule has 0 bridgehead atoms. The Hall–Kier alpha value is -1.78. The Balaban J connectivity index is 1.94. The molecular weight excluding hydrogens is 292 g/mol. The molecule has 2 atom stereocenters. The molecule has 0 aliphatic carbocycles. The van der Waals surface area contributed by atoms with Gasteiger partial charge in [0, 0.05) is 48.9 Å². The van der Waals surface area contributed by atoms with Gasteiger partial charge in [-0.3, -0.25) is 4.98 Å². The van der Waals surface area contributed by atoms with Crippen LogP contribution in [-0.4, -0.2) is 40.3 Å². The van der Waals surface area contributed by atoms with E-state index in [0.717, 1.165) is 30.0 Å². The summed E-state index contributed by atoms with van der Waals surface area (Å²) in [5, 5.41) is 0. The molecule has 0 N–H and O–H groups in total. The summed E-state index contributed by atoms with van der Waals surface area (Å²) < 4.78 is 11.6. The first kappa shape index (κ1) is 17.6. The van der Waals surface area contributed by atoms with Crippen LogP contribution in [0.25, 0.3) is 0 Å². The molecule has 0 aromatic carbocycles. The maximum Gasteiger partial charge on any atom is 0.410 e. The molecule has 1 aromatic rings. The molecule has 5 nitrogen and oxygen atoms in total. The molecule has 1 aliphatic rings.